The van der Waals surface area contributed by atoms with Crippen LogP contribution >= 0.6 is 0 Å². The minimum Gasteiger partial charge on any atom is -0.494 e. The van der Waals surface area contributed by atoms with Gasteiger partial charge in [-0.25, -0.2) is 4.39 Å². The largest absolute Gasteiger partial charge is 0.494 e. The maximum atomic E-state index is 13.0. The van der Waals surface area contributed by atoms with E-state index in [4.69, 9.17) is 11.2 Å². The molecule has 0 heterocycles. The van der Waals surface area contributed by atoms with Crippen molar-refractivity contribution < 1.29 is 18.7 Å². The minimum absolute atomic E-state index is 0.0924. The van der Waals surface area contributed by atoms with Crippen molar-refractivity contribution in [3.05, 3.63) is 65.5 Å². The Morgan fingerprint density at radius 1 is 1.15 bits per heavy atom. The number of nitrogens with one attached hydrogen (secondary N) is 1. The van der Waals surface area contributed by atoms with Crippen LogP contribution in [-0.4, -0.2) is 36.4 Å². The van der Waals surface area contributed by atoms with Crippen LogP contribution in [0.4, 0.5) is 4.39 Å². The summed E-state index contributed by atoms with van der Waals surface area (Å²) in [4.78, 5) is 26.0. The number of terminal acetylenes is 1. The number of carbonyl (C=O) groups is 2. The van der Waals surface area contributed by atoms with Crippen molar-refractivity contribution in [2.75, 3.05) is 19.7 Å². The molecular formula is C21H21FN2O3. The van der Waals surface area contributed by atoms with Gasteiger partial charge in [-0.15, -0.1) is 6.42 Å². The Hall–Kier alpha value is -3.33. The lowest BCUT2D eigenvalue weighted by Crippen LogP contribution is -2.40. The molecule has 0 atom stereocenters. The Morgan fingerprint density at radius 2 is 1.81 bits per heavy atom. The van der Waals surface area contributed by atoms with Crippen LogP contribution in [-0.2, 0) is 11.3 Å². The van der Waals surface area contributed by atoms with Crippen molar-refractivity contribution in [2.45, 2.75) is 13.5 Å². The molecule has 0 spiro atoms. The van der Waals surface area contributed by atoms with Gasteiger partial charge in [0, 0.05) is 12.1 Å². The summed E-state index contributed by atoms with van der Waals surface area (Å²) in [5, 5.41) is 2.58. The number of carbonyl (C=O) groups excluding carboxylic acids is 2. The van der Waals surface area contributed by atoms with Gasteiger partial charge in [0.15, 0.2) is 0 Å². The first-order valence-corrected chi connectivity index (χ1v) is 8.50. The molecule has 6 heteroatoms. The maximum Gasteiger partial charge on any atom is 0.251 e. The second-order valence-corrected chi connectivity index (χ2v) is 5.72. The van der Waals surface area contributed by atoms with Crippen LogP contribution in [0.5, 0.6) is 5.75 Å². The predicted molar refractivity (Wildman–Crippen MR) is 101 cm³/mol. The average Bonchev–Trinajstić information content (AvgIpc) is 2.68. The summed E-state index contributed by atoms with van der Waals surface area (Å²) in [5.74, 6) is 2.05. The summed E-state index contributed by atoms with van der Waals surface area (Å²) >= 11 is 0. The third-order valence-corrected chi connectivity index (χ3v) is 3.75. The Kier molecular flexibility index (Phi) is 7.38. The molecule has 0 unspecified atom stereocenters. The number of rotatable bonds is 8. The highest BCUT2D eigenvalue weighted by atomic mass is 19.1. The summed E-state index contributed by atoms with van der Waals surface area (Å²) in [7, 11) is 0. The van der Waals surface area contributed by atoms with Gasteiger partial charge in [0.05, 0.1) is 19.7 Å². The first kappa shape index (κ1) is 20.0. The van der Waals surface area contributed by atoms with E-state index in [0.717, 1.165) is 5.56 Å². The lowest BCUT2D eigenvalue weighted by Gasteiger charge is -2.20. The highest BCUT2D eigenvalue weighted by Gasteiger charge is 2.15. The van der Waals surface area contributed by atoms with E-state index in [1.165, 1.54) is 17.0 Å². The first-order valence-electron chi connectivity index (χ1n) is 8.50. The van der Waals surface area contributed by atoms with Crippen LogP contribution in [0.3, 0.4) is 0 Å². The fourth-order valence-electron chi connectivity index (χ4n) is 2.39. The molecular weight excluding hydrogens is 347 g/mol. The van der Waals surface area contributed by atoms with E-state index >= 15 is 0 Å². The van der Waals surface area contributed by atoms with Gasteiger partial charge in [0.2, 0.25) is 5.91 Å². The molecule has 2 rings (SSSR count). The van der Waals surface area contributed by atoms with Crippen molar-refractivity contribution >= 4 is 11.8 Å². The molecule has 27 heavy (non-hydrogen) atoms. The van der Waals surface area contributed by atoms with Crippen molar-refractivity contribution in [1.82, 2.24) is 10.2 Å². The van der Waals surface area contributed by atoms with E-state index in [0.29, 0.717) is 17.9 Å². The zero-order valence-electron chi connectivity index (χ0n) is 15.1. The van der Waals surface area contributed by atoms with Gasteiger partial charge in [-0.05, 0) is 48.9 Å². The number of benzene rings is 2. The van der Waals surface area contributed by atoms with Crippen molar-refractivity contribution in [2.24, 2.45) is 0 Å². The van der Waals surface area contributed by atoms with Crippen LogP contribution in [0, 0.1) is 18.2 Å². The van der Waals surface area contributed by atoms with Gasteiger partial charge >= 0.3 is 0 Å². The molecule has 2 amide bonds. The van der Waals surface area contributed by atoms with Crippen LogP contribution in [0.1, 0.15) is 22.8 Å². The summed E-state index contributed by atoms with van der Waals surface area (Å²) in [6, 6.07) is 12.5. The second-order valence-electron chi connectivity index (χ2n) is 5.72. The fraction of sp³-hybridized carbons (Fsp3) is 0.238. The smallest absolute Gasteiger partial charge is 0.251 e. The summed E-state index contributed by atoms with van der Waals surface area (Å²) in [6.45, 7) is 2.56. The highest BCUT2D eigenvalue weighted by molar-refractivity contribution is 5.96. The number of nitrogens with zero attached hydrogens (tertiary/aromatic N) is 1. The minimum atomic E-state index is -0.367. The van der Waals surface area contributed by atoms with E-state index in [2.05, 4.69) is 11.2 Å². The molecule has 0 saturated heterocycles. The molecule has 2 aromatic carbocycles. The van der Waals surface area contributed by atoms with Gasteiger partial charge < -0.3 is 15.0 Å². The first-order chi connectivity index (χ1) is 13.0. The molecule has 0 aliphatic carbocycles. The standard InChI is InChI=1S/C21H21FN2O3/c1-3-13-24(15-16-5-9-18(22)10-6-16)20(25)14-23-21(26)17-7-11-19(12-8-17)27-4-2/h1,5-12H,4,13-15H2,2H3,(H,23,26). The molecule has 0 saturated carbocycles. The van der Waals surface area contributed by atoms with Gasteiger partial charge in [-0.1, -0.05) is 18.1 Å². The van der Waals surface area contributed by atoms with Crippen molar-refractivity contribution in [1.29, 1.82) is 0 Å². The number of ether oxygens (including phenoxy) is 1. The molecule has 5 nitrogen and oxygen atoms in total. The Balaban J connectivity index is 1.93. The number of amides is 2. The van der Waals surface area contributed by atoms with E-state index < -0.39 is 0 Å². The number of halogens is 1. The van der Waals surface area contributed by atoms with Crippen molar-refractivity contribution in [3.8, 4) is 18.1 Å². The Labute approximate surface area is 158 Å². The highest BCUT2D eigenvalue weighted by Crippen LogP contribution is 2.12. The third-order valence-electron chi connectivity index (χ3n) is 3.75. The van der Waals surface area contributed by atoms with Crippen LogP contribution in [0.25, 0.3) is 0 Å². The Bertz CT molecular complexity index is 811. The van der Waals surface area contributed by atoms with Gasteiger partial charge in [0.25, 0.3) is 5.91 Å². The lowest BCUT2D eigenvalue weighted by atomic mass is 10.2. The Morgan fingerprint density at radius 3 is 2.41 bits per heavy atom. The van der Waals surface area contributed by atoms with Gasteiger partial charge in [-0.3, -0.25) is 9.59 Å². The molecule has 0 aromatic heterocycles. The van der Waals surface area contributed by atoms with E-state index in [1.807, 2.05) is 6.92 Å². The van der Waals surface area contributed by atoms with Gasteiger partial charge in [-0.2, -0.15) is 0 Å². The van der Waals surface area contributed by atoms with Crippen LogP contribution in [0.2, 0.25) is 0 Å². The number of hydrogen-bond donors (Lipinski definition) is 1. The molecule has 0 aliphatic rings. The summed E-state index contributed by atoms with van der Waals surface area (Å²) < 4.78 is 18.3. The summed E-state index contributed by atoms with van der Waals surface area (Å²) in [5.41, 5.74) is 1.17. The SMILES string of the molecule is C#CCN(Cc1ccc(F)cc1)C(=O)CNC(=O)c1ccc(OCC)cc1. The normalized spacial score (nSPS) is 9.96. The monoisotopic (exact) mass is 368 g/mol. The molecule has 140 valence electrons. The molecule has 1 N–H and O–H groups in total. The molecule has 0 fully saturated rings. The topological polar surface area (TPSA) is 58.6 Å². The zero-order valence-corrected chi connectivity index (χ0v) is 15.1. The van der Waals surface area contributed by atoms with Crippen LogP contribution in [0.15, 0.2) is 48.5 Å². The fourth-order valence-corrected chi connectivity index (χ4v) is 2.39. The van der Waals surface area contributed by atoms with Gasteiger partial charge in [0.1, 0.15) is 11.6 Å². The molecule has 0 radical (unpaired) electrons. The molecule has 0 bridgehead atoms. The van der Waals surface area contributed by atoms with Crippen LogP contribution < -0.4 is 10.1 Å². The predicted octanol–water partition coefficient (Wildman–Crippen LogP) is 2.62. The summed E-state index contributed by atoms with van der Waals surface area (Å²) in [6.07, 6.45) is 5.33. The average molecular weight is 368 g/mol. The lowest BCUT2D eigenvalue weighted by molar-refractivity contribution is -0.130. The maximum absolute atomic E-state index is 13.0. The van der Waals surface area contributed by atoms with E-state index in [9.17, 15) is 14.0 Å². The zero-order chi connectivity index (χ0) is 19.6. The van der Waals surface area contributed by atoms with E-state index in [-0.39, 0.29) is 37.3 Å². The molecule has 2 aromatic rings. The van der Waals surface area contributed by atoms with Crippen molar-refractivity contribution in [3.63, 3.8) is 0 Å². The number of hydrogen-bond acceptors (Lipinski definition) is 3. The third kappa shape index (κ3) is 6.15. The van der Waals surface area contributed by atoms with E-state index in [1.54, 1.807) is 36.4 Å². The second kappa shape index (κ2) is 9.97. The molecule has 0 aliphatic heterocycles. The quantitative estimate of drug-likeness (QED) is 0.729.